The second-order valence-corrected chi connectivity index (χ2v) is 5.39. The highest BCUT2D eigenvalue weighted by molar-refractivity contribution is 8.00. The van der Waals surface area contributed by atoms with Crippen molar-refractivity contribution in [3.05, 3.63) is 53.8 Å². The zero-order valence-corrected chi connectivity index (χ0v) is 11.8. The normalized spacial score (nSPS) is 10.3. The van der Waals surface area contributed by atoms with E-state index < -0.39 is 0 Å². The zero-order chi connectivity index (χ0) is 14.5. The quantitative estimate of drug-likeness (QED) is 0.670. The van der Waals surface area contributed by atoms with E-state index in [0.717, 1.165) is 10.5 Å². The van der Waals surface area contributed by atoms with Gasteiger partial charge in [0.2, 0.25) is 5.91 Å². The first kappa shape index (κ1) is 14.4. The summed E-state index contributed by atoms with van der Waals surface area (Å²) in [6.07, 6.45) is 0. The Kier molecular flexibility index (Phi) is 4.63. The molecule has 0 radical (unpaired) electrons. The summed E-state index contributed by atoms with van der Waals surface area (Å²) < 4.78 is 12.7. The van der Waals surface area contributed by atoms with Gasteiger partial charge in [0.1, 0.15) is 5.82 Å². The monoisotopic (exact) mass is 290 g/mol. The zero-order valence-electron chi connectivity index (χ0n) is 11.0. The molecule has 2 aromatic rings. The van der Waals surface area contributed by atoms with Crippen LogP contribution in [0.1, 0.15) is 5.56 Å². The summed E-state index contributed by atoms with van der Waals surface area (Å²) in [5, 5.41) is 2.72. The molecule has 0 bridgehead atoms. The molecule has 3 nitrogen and oxygen atoms in total. The summed E-state index contributed by atoms with van der Waals surface area (Å²) in [4.78, 5) is 12.8. The van der Waals surface area contributed by atoms with Gasteiger partial charge < -0.3 is 11.1 Å². The highest BCUT2D eigenvalue weighted by Crippen LogP contribution is 2.24. The molecule has 0 atom stereocenters. The Hall–Kier alpha value is -2.01. The average molecular weight is 290 g/mol. The van der Waals surface area contributed by atoms with Gasteiger partial charge in [-0.05, 0) is 55.0 Å². The van der Waals surface area contributed by atoms with E-state index in [-0.39, 0.29) is 11.7 Å². The van der Waals surface area contributed by atoms with E-state index in [1.807, 2.05) is 25.1 Å². The molecule has 1 amide bonds. The number of aryl methyl sites for hydroxylation is 1. The van der Waals surface area contributed by atoms with Crippen molar-refractivity contribution in [1.82, 2.24) is 0 Å². The van der Waals surface area contributed by atoms with E-state index >= 15 is 0 Å². The molecule has 5 heteroatoms. The molecule has 0 unspecified atom stereocenters. The third-order valence-electron chi connectivity index (χ3n) is 2.69. The van der Waals surface area contributed by atoms with Crippen molar-refractivity contribution in [3.63, 3.8) is 0 Å². The molecule has 2 rings (SSSR count). The van der Waals surface area contributed by atoms with Gasteiger partial charge in [-0.3, -0.25) is 4.79 Å². The standard InChI is InChI=1S/C15H15FN2OS/c1-10-8-12(17)4-7-14(10)20-9-15(19)18-13-5-2-11(16)3-6-13/h2-8H,9,17H2,1H3,(H,18,19). The van der Waals surface area contributed by atoms with Crippen LogP contribution in [-0.2, 0) is 4.79 Å². The molecule has 0 aliphatic rings. The number of nitrogen functional groups attached to an aromatic ring is 1. The van der Waals surface area contributed by atoms with E-state index in [0.29, 0.717) is 17.1 Å². The topological polar surface area (TPSA) is 55.1 Å². The molecular weight excluding hydrogens is 275 g/mol. The highest BCUT2D eigenvalue weighted by atomic mass is 32.2. The minimum atomic E-state index is -0.324. The second-order valence-electron chi connectivity index (χ2n) is 4.37. The Morgan fingerprint density at radius 1 is 1.25 bits per heavy atom. The number of carbonyl (C=O) groups excluding carboxylic acids is 1. The SMILES string of the molecule is Cc1cc(N)ccc1SCC(=O)Nc1ccc(F)cc1. The minimum absolute atomic E-state index is 0.127. The van der Waals surface area contributed by atoms with Crippen molar-refractivity contribution >= 4 is 29.0 Å². The van der Waals surface area contributed by atoms with E-state index in [1.54, 1.807) is 0 Å². The van der Waals surface area contributed by atoms with Crippen LogP contribution in [0.5, 0.6) is 0 Å². The fourth-order valence-electron chi connectivity index (χ4n) is 1.71. The molecule has 0 saturated carbocycles. The van der Waals surface area contributed by atoms with Crippen molar-refractivity contribution in [2.24, 2.45) is 0 Å². The number of nitrogens with two attached hydrogens (primary N) is 1. The molecule has 0 aliphatic carbocycles. The molecule has 20 heavy (non-hydrogen) atoms. The van der Waals surface area contributed by atoms with E-state index in [1.165, 1.54) is 36.0 Å². The molecular formula is C15H15FN2OS. The van der Waals surface area contributed by atoms with Gasteiger partial charge in [-0.2, -0.15) is 0 Å². The molecule has 0 spiro atoms. The van der Waals surface area contributed by atoms with Crippen LogP contribution in [0, 0.1) is 12.7 Å². The maximum absolute atomic E-state index is 12.7. The van der Waals surface area contributed by atoms with Crippen LogP contribution in [0.3, 0.4) is 0 Å². The number of carbonyl (C=O) groups is 1. The lowest BCUT2D eigenvalue weighted by Gasteiger charge is -2.07. The fourth-order valence-corrected chi connectivity index (χ4v) is 2.52. The van der Waals surface area contributed by atoms with Gasteiger partial charge in [0.05, 0.1) is 5.75 Å². The predicted molar refractivity (Wildman–Crippen MR) is 81.3 cm³/mol. The Labute approximate surface area is 121 Å². The largest absolute Gasteiger partial charge is 0.399 e. The minimum Gasteiger partial charge on any atom is -0.399 e. The van der Waals surface area contributed by atoms with Crippen molar-refractivity contribution in [2.45, 2.75) is 11.8 Å². The molecule has 0 saturated heterocycles. The lowest BCUT2D eigenvalue weighted by Crippen LogP contribution is -2.14. The van der Waals surface area contributed by atoms with Crippen molar-refractivity contribution in [1.29, 1.82) is 0 Å². The van der Waals surface area contributed by atoms with Gasteiger partial charge in [0.15, 0.2) is 0 Å². The molecule has 104 valence electrons. The molecule has 0 aliphatic heterocycles. The number of nitrogens with one attached hydrogen (secondary N) is 1. The van der Waals surface area contributed by atoms with E-state index in [2.05, 4.69) is 5.32 Å². The van der Waals surface area contributed by atoms with Gasteiger partial charge in [-0.1, -0.05) is 0 Å². The first-order valence-electron chi connectivity index (χ1n) is 6.09. The summed E-state index contributed by atoms with van der Waals surface area (Å²) in [5.74, 6) is -0.157. The third kappa shape index (κ3) is 3.99. The second kappa shape index (κ2) is 6.43. The number of anilines is 2. The molecule has 0 heterocycles. The van der Waals surface area contributed by atoms with Crippen molar-refractivity contribution in [2.75, 3.05) is 16.8 Å². The van der Waals surface area contributed by atoms with Gasteiger partial charge in [-0.25, -0.2) is 4.39 Å². The third-order valence-corrected chi connectivity index (χ3v) is 3.86. The highest BCUT2D eigenvalue weighted by Gasteiger charge is 2.06. The molecule has 3 N–H and O–H groups in total. The Balaban J connectivity index is 1.90. The van der Waals surface area contributed by atoms with Crippen molar-refractivity contribution < 1.29 is 9.18 Å². The van der Waals surface area contributed by atoms with Crippen LogP contribution in [0.2, 0.25) is 0 Å². The van der Waals surface area contributed by atoms with Gasteiger partial charge in [0, 0.05) is 16.3 Å². The fraction of sp³-hybridized carbons (Fsp3) is 0.133. The van der Waals surface area contributed by atoms with Gasteiger partial charge >= 0.3 is 0 Å². The maximum Gasteiger partial charge on any atom is 0.234 e. The van der Waals surface area contributed by atoms with Gasteiger partial charge in [-0.15, -0.1) is 11.8 Å². The number of halogens is 1. The number of hydrogen-bond acceptors (Lipinski definition) is 3. The maximum atomic E-state index is 12.7. The Morgan fingerprint density at radius 3 is 2.60 bits per heavy atom. The van der Waals surface area contributed by atoms with Crippen LogP contribution in [0.4, 0.5) is 15.8 Å². The number of thioether (sulfide) groups is 1. The van der Waals surface area contributed by atoms with Crippen LogP contribution < -0.4 is 11.1 Å². The molecule has 0 aromatic heterocycles. The number of benzene rings is 2. The molecule has 0 fully saturated rings. The smallest absolute Gasteiger partial charge is 0.234 e. The van der Waals surface area contributed by atoms with Crippen LogP contribution >= 0.6 is 11.8 Å². The Bertz CT molecular complexity index is 614. The number of amides is 1. The van der Waals surface area contributed by atoms with E-state index in [4.69, 9.17) is 5.73 Å². The summed E-state index contributed by atoms with van der Waals surface area (Å²) >= 11 is 1.44. The lowest BCUT2D eigenvalue weighted by molar-refractivity contribution is -0.113. The van der Waals surface area contributed by atoms with Gasteiger partial charge in [0.25, 0.3) is 0 Å². The summed E-state index contributed by atoms with van der Waals surface area (Å²) in [5.41, 5.74) is 8.02. The Morgan fingerprint density at radius 2 is 1.95 bits per heavy atom. The predicted octanol–water partition coefficient (Wildman–Crippen LogP) is 3.45. The average Bonchev–Trinajstić information content (AvgIpc) is 2.40. The summed E-state index contributed by atoms with van der Waals surface area (Å²) in [7, 11) is 0. The molecule has 2 aromatic carbocycles. The van der Waals surface area contributed by atoms with Crippen LogP contribution in [0.25, 0.3) is 0 Å². The number of rotatable bonds is 4. The first-order valence-corrected chi connectivity index (χ1v) is 7.07. The summed E-state index contributed by atoms with van der Waals surface area (Å²) in [6, 6.07) is 11.3. The first-order chi connectivity index (χ1) is 9.54. The summed E-state index contributed by atoms with van der Waals surface area (Å²) in [6.45, 7) is 1.95. The lowest BCUT2D eigenvalue weighted by atomic mass is 10.2. The van der Waals surface area contributed by atoms with Crippen LogP contribution in [-0.4, -0.2) is 11.7 Å². The van der Waals surface area contributed by atoms with Crippen LogP contribution in [0.15, 0.2) is 47.4 Å². The van der Waals surface area contributed by atoms with E-state index in [9.17, 15) is 9.18 Å². The number of hydrogen-bond donors (Lipinski definition) is 2. The van der Waals surface area contributed by atoms with Crippen molar-refractivity contribution in [3.8, 4) is 0 Å².